The quantitative estimate of drug-likeness (QED) is 0.617. The molecule has 1 aliphatic carbocycles. The maximum atomic E-state index is 13.0. The van der Waals surface area contributed by atoms with Crippen LogP contribution in [0.4, 0.5) is 0 Å². The lowest BCUT2D eigenvalue weighted by atomic mass is 9.77. The molecule has 0 bridgehead atoms. The Hall–Kier alpha value is -2.48. The number of hydrogen-bond acceptors (Lipinski definition) is 3. The van der Waals surface area contributed by atoms with Crippen molar-refractivity contribution in [1.29, 1.82) is 0 Å². The van der Waals surface area contributed by atoms with Gasteiger partial charge in [0.15, 0.2) is 0 Å². The maximum Gasteiger partial charge on any atom is 0.227 e. The van der Waals surface area contributed by atoms with Gasteiger partial charge in [0.1, 0.15) is 5.76 Å². The average Bonchev–Trinajstić information content (AvgIpc) is 3.11. The number of nitrogens with one attached hydrogen (secondary N) is 1. The number of nitrogens with zero attached hydrogens (tertiary/aromatic N) is 1. The highest BCUT2D eigenvalue weighted by molar-refractivity contribution is 5.88. The molecule has 5 nitrogen and oxygen atoms in total. The van der Waals surface area contributed by atoms with Crippen LogP contribution < -0.4 is 5.32 Å². The molecule has 1 fully saturated rings. The standard InChI is InChI=1S/C19H24N2O3/c1-3-11-20-18(22)16-9-5-6-10-17(16)19(23)21(12-4-2)14-15-8-7-13-24-15/h2-3,7-8,13,16-17H,1,5-6,9-12,14H2,(H,20,22). The second-order valence-corrected chi connectivity index (χ2v) is 6.01. The van der Waals surface area contributed by atoms with Gasteiger partial charge in [0, 0.05) is 18.4 Å². The molecule has 2 rings (SSSR count). The van der Waals surface area contributed by atoms with E-state index in [-0.39, 0.29) is 30.2 Å². The van der Waals surface area contributed by atoms with E-state index >= 15 is 0 Å². The van der Waals surface area contributed by atoms with Crippen LogP contribution in [0, 0.1) is 24.2 Å². The van der Waals surface area contributed by atoms with Crippen molar-refractivity contribution >= 4 is 11.8 Å². The summed E-state index contributed by atoms with van der Waals surface area (Å²) in [4.78, 5) is 27.0. The summed E-state index contributed by atoms with van der Waals surface area (Å²) in [6, 6.07) is 3.59. The first kappa shape index (κ1) is 17.9. The Kier molecular flexibility index (Phi) is 6.68. The Bertz CT molecular complexity index is 601. The first-order chi connectivity index (χ1) is 11.7. The van der Waals surface area contributed by atoms with Gasteiger partial charge in [-0.1, -0.05) is 24.8 Å². The molecule has 0 spiro atoms. The number of terminal acetylenes is 1. The van der Waals surface area contributed by atoms with Crippen molar-refractivity contribution in [1.82, 2.24) is 10.2 Å². The van der Waals surface area contributed by atoms with Crippen molar-refractivity contribution in [2.24, 2.45) is 11.8 Å². The van der Waals surface area contributed by atoms with Crippen LogP contribution in [-0.2, 0) is 16.1 Å². The molecule has 0 radical (unpaired) electrons. The Labute approximate surface area is 143 Å². The minimum Gasteiger partial charge on any atom is -0.467 e. The van der Waals surface area contributed by atoms with Gasteiger partial charge in [-0.05, 0) is 25.0 Å². The van der Waals surface area contributed by atoms with Crippen LogP contribution in [0.1, 0.15) is 31.4 Å². The van der Waals surface area contributed by atoms with E-state index < -0.39 is 0 Å². The number of hydrogen-bond donors (Lipinski definition) is 1. The molecule has 2 amide bonds. The second-order valence-electron chi connectivity index (χ2n) is 6.01. The molecule has 2 atom stereocenters. The third kappa shape index (κ3) is 4.51. The largest absolute Gasteiger partial charge is 0.467 e. The van der Waals surface area contributed by atoms with Crippen molar-refractivity contribution in [3.05, 3.63) is 36.8 Å². The number of carbonyl (C=O) groups is 2. The van der Waals surface area contributed by atoms with Crippen LogP contribution in [-0.4, -0.2) is 29.8 Å². The summed E-state index contributed by atoms with van der Waals surface area (Å²) in [7, 11) is 0. The van der Waals surface area contributed by atoms with E-state index in [1.165, 1.54) is 0 Å². The molecule has 1 saturated carbocycles. The molecule has 128 valence electrons. The van der Waals surface area contributed by atoms with Gasteiger partial charge in [-0.3, -0.25) is 9.59 Å². The Morgan fingerprint density at radius 2 is 2.17 bits per heavy atom. The highest BCUT2D eigenvalue weighted by atomic mass is 16.3. The van der Waals surface area contributed by atoms with Crippen LogP contribution in [0.25, 0.3) is 0 Å². The SMILES string of the molecule is C#CCN(Cc1ccco1)C(=O)C1CCCCC1C(=O)NCC=C. The predicted octanol–water partition coefficient (Wildman–Crippen LogP) is 2.35. The molecule has 1 N–H and O–H groups in total. The highest BCUT2D eigenvalue weighted by Crippen LogP contribution is 2.32. The predicted molar refractivity (Wildman–Crippen MR) is 91.6 cm³/mol. The first-order valence-electron chi connectivity index (χ1n) is 8.30. The van der Waals surface area contributed by atoms with E-state index in [1.54, 1.807) is 23.3 Å². The summed E-state index contributed by atoms with van der Waals surface area (Å²) in [6.45, 7) is 4.55. The number of furan rings is 1. The topological polar surface area (TPSA) is 62.6 Å². The molecule has 24 heavy (non-hydrogen) atoms. The normalized spacial score (nSPS) is 20.0. The van der Waals surface area contributed by atoms with Gasteiger partial charge in [0.05, 0.1) is 19.4 Å². The molecule has 1 aliphatic rings. The van der Waals surface area contributed by atoms with Gasteiger partial charge in [-0.15, -0.1) is 13.0 Å². The molecular formula is C19H24N2O3. The molecular weight excluding hydrogens is 304 g/mol. The number of carbonyl (C=O) groups excluding carboxylic acids is 2. The fourth-order valence-electron chi connectivity index (χ4n) is 3.19. The summed E-state index contributed by atoms with van der Waals surface area (Å²) in [5, 5.41) is 2.82. The van der Waals surface area contributed by atoms with Gasteiger partial charge in [-0.2, -0.15) is 0 Å². The van der Waals surface area contributed by atoms with Gasteiger partial charge < -0.3 is 14.6 Å². The van der Waals surface area contributed by atoms with Gasteiger partial charge in [-0.25, -0.2) is 0 Å². The van der Waals surface area contributed by atoms with Gasteiger partial charge in [0.2, 0.25) is 11.8 Å². The van der Waals surface area contributed by atoms with Crippen molar-refractivity contribution in [3.63, 3.8) is 0 Å². The fraction of sp³-hybridized carbons (Fsp3) is 0.474. The third-order valence-corrected chi connectivity index (χ3v) is 4.36. The highest BCUT2D eigenvalue weighted by Gasteiger charge is 2.37. The van der Waals surface area contributed by atoms with E-state index in [1.807, 2.05) is 6.07 Å². The Morgan fingerprint density at radius 1 is 1.42 bits per heavy atom. The van der Waals surface area contributed by atoms with Crippen LogP contribution in [0.3, 0.4) is 0 Å². The first-order valence-corrected chi connectivity index (χ1v) is 8.30. The minimum absolute atomic E-state index is 0.0668. The monoisotopic (exact) mass is 328 g/mol. The van der Waals surface area contributed by atoms with Crippen LogP contribution in [0.15, 0.2) is 35.5 Å². The van der Waals surface area contributed by atoms with E-state index in [0.717, 1.165) is 19.3 Å². The summed E-state index contributed by atoms with van der Waals surface area (Å²) in [6.07, 6.45) is 12.0. The number of amides is 2. The Balaban J connectivity index is 2.11. The Morgan fingerprint density at radius 3 is 2.79 bits per heavy atom. The zero-order valence-corrected chi connectivity index (χ0v) is 13.9. The molecule has 0 aliphatic heterocycles. The summed E-state index contributed by atoms with van der Waals surface area (Å²) in [5.41, 5.74) is 0. The minimum atomic E-state index is -0.327. The van der Waals surface area contributed by atoms with Crippen molar-refractivity contribution < 1.29 is 14.0 Å². The van der Waals surface area contributed by atoms with Crippen molar-refractivity contribution in [2.75, 3.05) is 13.1 Å². The van der Waals surface area contributed by atoms with Crippen molar-refractivity contribution in [2.45, 2.75) is 32.2 Å². The average molecular weight is 328 g/mol. The molecule has 2 unspecified atom stereocenters. The van der Waals surface area contributed by atoms with Crippen LogP contribution in [0.2, 0.25) is 0 Å². The maximum absolute atomic E-state index is 13.0. The fourth-order valence-corrected chi connectivity index (χ4v) is 3.19. The molecule has 1 aromatic rings. The van der Waals surface area contributed by atoms with E-state index in [4.69, 9.17) is 10.8 Å². The summed E-state index contributed by atoms with van der Waals surface area (Å²) >= 11 is 0. The molecule has 1 aromatic heterocycles. The zero-order chi connectivity index (χ0) is 17.4. The lowest BCUT2D eigenvalue weighted by molar-refractivity contribution is -0.143. The third-order valence-electron chi connectivity index (χ3n) is 4.36. The molecule has 1 heterocycles. The lowest BCUT2D eigenvalue weighted by Crippen LogP contribution is -2.45. The molecule has 0 saturated heterocycles. The van der Waals surface area contributed by atoms with Gasteiger partial charge >= 0.3 is 0 Å². The van der Waals surface area contributed by atoms with E-state index in [9.17, 15) is 9.59 Å². The molecule has 0 aromatic carbocycles. The van der Waals surface area contributed by atoms with Crippen LogP contribution in [0.5, 0.6) is 0 Å². The smallest absolute Gasteiger partial charge is 0.227 e. The van der Waals surface area contributed by atoms with E-state index in [2.05, 4.69) is 17.8 Å². The van der Waals surface area contributed by atoms with E-state index in [0.29, 0.717) is 25.3 Å². The van der Waals surface area contributed by atoms with Crippen molar-refractivity contribution in [3.8, 4) is 12.3 Å². The van der Waals surface area contributed by atoms with Gasteiger partial charge in [0.25, 0.3) is 0 Å². The number of rotatable bonds is 7. The zero-order valence-electron chi connectivity index (χ0n) is 13.9. The summed E-state index contributed by atoms with van der Waals surface area (Å²) < 4.78 is 5.32. The molecule has 5 heteroatoms. The summed E-state index contributed by atoms with van der Waals surface area (Å²) in [5.74, 6) is 2.44. The second kappa shape index (κ2) is 8.97. The van der Waals surface area contributed by atoms with Crippen LogP contribution >= 0.6 is 0 Å². The lowest BCUT2D eigenvalue weighted by Gasteiger charge is -2.33.